The third-order valence-corrected chi connectivity index (χ3v) is 4.56. The molecule has 21 heavy (non-hydrogen) atoms. The number of carbonyl (C=O) groups excluding carboxylic acids is 1. The molecule has 0 radical (unpaired) electrons. The van der Waals surface area contributed by atoms with Crippen molar-refractivity contribution in [2.45, 2.75) is 6.04 Å². The van der Waals surface area contributed by atoms with E-state index in [9.17, 15) is 4.79 Å². The predicted molar refractivity (Wildman–Crippen MR) is 91.2 cm³/mol. The molecule has 3 N–H and O–H groups in total. The molecule has 3 nitrogen and oxygen atoms in total. The van der Waals surface area contributed by atoms with E-state index in [0.717, 1.165) is 0 Å². The highest BCUT2D eigenvalue weighted by molar-refractivity contribution is 9.10. The molecule has 0 aliphatic carbocycles. The monoisotopic (exact) mass is 406 g/mol. The van der Waals surface area contributed by atoms with E-state index in [1.165, 1.54) is 0 Å². The Kier molecular flexibility index (Phi) is 5.38. The highest BCUT2D eigenvalue weighted by atomic mass is 79.9. The second-order valence-corrected chi connectivity index (χ2v) is 6.38. The molecular weight excluding hydrogens is 398 g/mol. The zero-order valence-corrected chi connectivity index (χ0v) is 14.4. The molecule has 0 aliphatic rings. The number of hydrogen-bond donors (Lipinski definition) is 2. The maximum absolute atomic E-state index is 11.7. The standard InChI is InChI=1S/C14H10BrCl3N2O/c15-10-6-8(2-4-11(10)17)20-13(14(19)21)9-3-1-7(16)5-12(9)18/h1-6,13,20H,(H2,19,21). The van der Waals surface area contributed by atoms with Crippen LogP contribution in [0.1, 0.15) is 11.6 Å². The molecule has 0 saturated heterocycles. The molecule has 2 rings (SSSR count). The smallest absolute Gasteiger partial charge is 0.244 e. The van der Waals surface area contributed by atoms with Crippen molar-refractivity contribution in [1.29, 1.82) is 0 Å². The van der Waals surface area contributed by atoms with Crippen LogP contribution in [-0.2, 0) is 4.79 Å². The Hall–Kier alpha value is -0.940. The zero-order chi connectivity index (χ0) is 15.6. The molecule has 7 heteroatoms. The van der Waals surface area contributed by atoms with Crippen molar-refractivity contribution in [2.24, 2.45) is 5.73 Å². The van der Waals surface area contributed by atoms with Gasteiger partial charge in [-0.15, -0.1) is 0 Å². The fourth-order valence-corrected chi connectivity index (χ4v) is 2.80. The predicted octanol–water partition coefficient (Wildman–Crippen LogP) is 5.05. The summed E-state index contributed by atoms with van der Waals surface area (Å²) < 4.78 is 0.708. The third kappa shape index (κ3) is 4.04. The lowest BCUT2D eigenvalue weighted by atomic mass is 10.1. The lowest BCUT2D eigenvalue weighted by Crippen LogP contribution is -2.28. The quantitative estimate of drug-likeness (QED) is 0.744. The van der Waals surface area contributed by atoms with Crippen molar-refractivity contribution in [2.75, 3.05) is 5.32 Å². The van der Waals surface area contributed by atoms with Gasteiger partial charge in [0, 0.05) is 25.8 Å². The van der Waals surface area contributed by atoms with Crippen molar-refractivity contribution in [3.8, 4) is 0 Å². The fourth-order valence-electron chi connectivity index (χ4n) is 1.79. The van der Waals surface area contributed by atoms with Gasteiger partial charge in [0.1, 0.15) is 6.04 Å². The van der Waals surface area contributed by atoms with E-state index in [4.69, 9.17) is 40.5 Å². The molecule has 2 aromatic rings. The number of anilines is 1. The van der Waals surface area contributed by atoms with Crippen molar-refractivity contribution in [3.05, 3.63) is 61.5 Å². The molecule has 1 unspecified atom stereocenters. The van der Waals surface area contributed by atoms with Gasteiger partial charge in [0.2, 0.25) is 5.91 Å². The number of carbonyl (C=O) groups is 1. The second-order valence-electron chi connectivity index (χ2n) is 4.27. The molecule has 0 aromatic heterocycles. The van der Waals surface area contributed by atoms with E-state index in [1.807, 2.05) is 0 Å². The summed E-state index contributed by atoms with van der Waals surface area (Å²) in [6, 6.07) is 9.30. The second kappa shape index (κ2) is 6.88. The molecule has 0 fully saturated rings. The van der Waals surface area contributed by atoms with Gasteiger partial charge < -0.3 is 11.1 Å². The first-order chi connectivity index (χ1) is 9.88. The van der Waals surface area contributed by atoms with Gasteiger partial charge >= 0.3 is 0 Å². The van der Waals surface area contributed by atoms with Crippen LogP contribution in [0.2, 0.25) is 15.1 Å². The Morgan fingerprint density at radius 2 is 1.81 bits per heavy atom. The summed E-state index contributed by atoms with van der Waals surface area (Å²) >= 11 is 21.2. The van der Waals surface area contributed by atoms with E-state index in [1.54, 1.807) is 36.4 Å². The third-order valence-electron chi connectivity index (χ3n) is 2.79. The van der Waals surface area contributed by atoms with Crippen LogP contribution in [0.5, 0.6) is 0 Å². The van der Waals surface area contributed by atoms with Gasteiger partial charge in [0.25, 0.3) is 0 Å². The number of nitrogens with one attached hydrogen (secondary N) is 1. The number of rotatable bonds is 4. The Balaban J connectivity index is 2.35. The Morgan fingerprint density at radius 3 is 2.38 bits per heavy atom. The molecule has 2 aromatic carbocycles. The van der Waals surface area contributed by atoms with Gasteiger partial charge in [-0.05, 0) is 46.3 Å². The molecule has 0 spiro atoms. The van der Waals surface area contributed by atoms with Gasteiger partial charge in [0.05, 0.1) is 5.02 Å². The van der Waals surface area contributed by atoms with E-state index in [-0.39, 0.29) is 0 Å². The number of nitrogens with two attached hydrogens (primary N) is 1. The van der Waals surface area contributed by atoms with Crippen LogP contribution in [-0.4, -0.2) is 5.91 Å². The zero-order valence-electron chi connectivity index (χ0n) is 10.5. The van der Waals surface area contributed by atoms with Crippen LogP contribution in [0.15, 0.2) is 40.9 Å². The maximum Gasteiger partial charge on any atom is 0.244 e. The minimum Gasteiger partial charge on any atom is -0.370 e. The van der Waals surface area contributed by atoms with Crippen molar-refractivity contribution < 1.29 is 4.79 Å². The van der Waals surface area contributed by atoms with Crippen molar-refractivity contribution in [3.63, 3.8) is 0 Å². The number of amides is 1. The maximum atomic E-state index is 11.7. The molecule has 0 bridgehead atoms. The summed E-state index contributed by atoms with van der Waals surface area (Å²) in [5, 5.41) is 4.46. The average Bonchev–Trinajstić information content (AvgIpc) is 2.40. The van der Waals surface area contributed by atoms with Crippen LogP contribution >= 0.6 is 50.7 Å². The lowest BCUT2D eigenvalue weighted by Gasteiger charge is -2.19. The molecule has 0 aliphatic heterocycles. The van der Waals surface area contributed by atoms with Crippen LogP contribution in [0.25, 0.3) is 0 Å². The van der Waals surface area contributed by atoms with Gasteiger partial charge in [-0.2, -0.15) is 0 Å². The van der Waals surface area contributed by atoms with Gasteiger partial charge in [0.15, 0.2) is 0 Å². The summed E-state index contributed by atoms with van der Waals surface area (Å²) in [4.78, 5) is 11.7. The summed E-state index contributed by atoms with van der Waals surface area (Å²) in [7, 11) is 0. The summed E-state index contributed by atoms with van der Waals surface area (Å²) in [6.07, 6.45) is 0. The topological polar surface area (TPSA) is 55.1 Å². The summed E-state index contributed by atoms with van der Waals surface area (Å²) in [5.41, 5.74) is 6.70. The molecule has 0 heterocycles. The summed E-state index contributed by atoms with van der Waals surface area (Å²) in [6.45, 7) is 0. The minimum atomic E-state index is -0.775. The van der Waals surface area contributed by atoms with Crippen LogP contribution < -0.4 is 11.1 Å². The molecule has 110 valence electrons. The average molecular weight is 409 g/mol. The number of primary amides is 1. The van der Waals surface area contributed by atoms with Crippen molar-refractivity contribution in [1.82, 2.24) is 0 Å². The number of halogens is 4. The first kappa shape index (κ1) is 16.4. The summed E-state index contributed by atoms with van der Waals surface area (Å²) in [5.74, 6) is -0.551. The van der Waals surface area contributed by atoms with Gasteiger partial charge in [-0.1, -0.05) is 40.9 Å². The molecular formula is C14H10BrCl3N2O. The highest BCUT2D eigenvalue weighted by Crippen LogP contribution is 2.31. The van der Waals surface area contributed by atoms with Crippen LogP contribution in [0, 0.1) is 0 Å². The highest BCUT2D eigenvalue weighted by Gasteiger charge is 2.20. The van der Waals surface area contributed by atoms with Crippen LogP contribution in [0.4, 0.5) is 5.69 Å². The molecule has 1 amide bonds. The Bertz CT molecular complexity index is 694. The van der Waals surface area contributed by atoms with Crippen LogP contribution in [0.3, 0.4) is 0 Å². The Labute approximate surface area is 145 Å². The van der Waals surface area contributed by atoms with E-state index in [2.05, 4.69) is 21.2 Å². The Morgan fingerprint density at radius 1 is 1.10 bits per heavy atom. The van der Waals surface area contributed by atoms with Gasteiger partial charge in [-0.25, -0.2) is 0 Å². The lowest BCUT2D eigenvalue weighted by molar-refractivity contribution is -0.118. The van der Waals surface area contributed by atoms with E-state index in [0.29, 0.717) is 30.8 Å². The largest absolute Gasteiger partial charge is 0.370 e. The van der Waals surface area contributed by atoms with Crippen molar-refractivity contribution >= 4 is 62.3 Å². The molecule has 0 saturated carbocycles. The first-order valence-electron chi connectivity index (χ1n) is 5.84. The number of hydrogen-bond acceptors (Lipinski definition) is 2. The molecule has 1 atom stereocenters. The normalized spacial score (nSPS) is 12.0. The minimum absolute atomic E-state index is 0.367. The SMILES string of the molecule is NC(=O)C(Nc1ccc(Cl)c(Br)c1)c1ccc(Cl)cc1Cl. The number of benzene rings is 2. The van der Waals surface area contributed by atoms with E-state index < -0.39 is 11.9 Å². The fraction of sp³-hybridized carbons (Fsp3) is 0.0714. The first-order valence-corrected chi connectivity index (χ1v) is 7.77. The van der Waals surface area contributed by atoms with E-state index >= 15 is 0 Å². The van der Waals surface area contributed by atoms with Gasteiger partial charge in [-0.3, -0.25) is 4.79 Å².